The maximum Gasteiger partial charge on any atom is 0.240 e. The van der Waals surface area contributed by atoms with E-state index < -0.39 is 5.41 Å². The number of rotatable bonds is 6. The van der Waals surface area contributed by atoms with E-state index in [0.29, 0.717) is 35.0 Å². The van der Waals surface area contributed by atoms with Crippen molar-refractivity contribution in [1.82, 2.24) is 0 Å². The Balaban J connectivity index is 1.74. The molecule has 6 heteroatoms. The van der Waals surface area contributed by atoms with Crippen molar-refractivity contribution in [3.05, 3.63) is 53.6 Å². The van der Waals surface area contributed by atoms with E-state index >= 15 is 0 Å². The van der Waals surface area contributed by atoms with E-state index in [0.717, 1.165) is 0 Å². The number of nitrogens with one attached hydrogen (secondary N) is 2. The number of ether oxygens (including phenoxy) is 1. The minimum absolute atomic E-state index is 0.0218. The number of halogens is 1. The Morgan fingerprint density at radius 2 is 1.50 bits per heavy atom. The minimum Gasteiger partial charge on any atom is -0.489 e. The van der Waals surface area contributed by atoms with Gasteiger partial charge in [0.2, 0.25) is 11.8 Å². The van der Waals surface area contributed by atoms with Crippen LogP contribution in [0.25, 0.3) is 0 Å². The molecule has 2 aromatic carbocycles. The van der Waals surface area contributed by atoms with Gasteiger partial charge in [-0.3, -0.25) is 9.59 Å². The molecule has 0 unspecified atom stereocenters. The molecule has 0 radical (unpaired) electrons. The summed E-state index contributed by atoms with van der Waals surface area (Å²) in [5.74, 6) is -0.0922. The lowest BCUT2D eigenvalue weighted by Crippen LogP contribution is -2.35. The first-order chi connectivity index (χ1) is 12.4. The van der Waals surface area contributed by atoms with Gasteiger partial charge in [0.1, 0.15) is 11.2 Å². The molecule has 2 amide bonds. The highest BCUT2D eigenvalue weighted by molar-refractivity contribution is 6.34. The van der Waals surface area contributed by atoms with Crippen LogP contribution in [0.5, 0.6) is 5.75 Å². The topological polar surface area (TPSA) is 67.4 Å². The second kappa shape index (κ2) is 7.38. The third-order valence-corrected chi connectivity index (χ3v) is 4.57. The number of carbonyl (C=O) groups is 2. The third-order valence-electron chi connectivity index (χ3n) is 4.24. The Morgan fingerprint density at radius 1 is 0.962 bits per heavy atom. The molecule has 0 aromatic heterocycles. The monoisotopic (exact) mass is 372 g/mol. The van der Waals surface area contributed by atoms with E-state index in [1.165, 1.54) is 0 Å². The summed E-state index contributed by atoms with van der Waals surface area (Å²) in [5.41, 5.74) is -0.00536. The van der Waals surface area contributed by atoms with Gasteiger partial charge in [0, 0.05) is 0 Å². The zero-order valence-corrected chi connectivity index (χ0v) is 15.5. The van der Waals surface area contributed by atoms with E-state index in [4.69, 9.17) is 16.3 Å². The SMILES string of the molecule is CC(C)Oc1ccccc1NC(=O)C1(C(=O)Nc2ccccc2Cl)CC1. The van der Waals surface area contributed by atoms with Crippen molar-refractivity contribution in [1.29, 1.82) is 0 Å². The second-order valence-electron chi connectivity index (χ2n) is 6.63. The highest BCUT2D eigenvalue weighted by Crippen LogP contribution is 2.48. The van der Waals surface area contributed by atoms with Crippen molar-refractivity contribution in [2.45, 2.75) is 32.8 Å². The van der Waals surface area contributed by atoms with E-state index in [9.17, 15) is 9.59 Å². The van der Waals surface area contributed by atoms with Gasteiger partial charge in [-0.15, -0.1) is 0 Å². The summed E-state index contributed by atoms with van der Waals surface area (Å²) in [6.45, 7) is 3.83. The normalized spacial score (nSPS) is 14.6. The fraction of sp³-hybridized carbons (Fsp3) is 0.300. The molecule has 0 atom stereocenters. The van der Waals surface area contributed by atoms with Gasteiger partial charge >= 0.3 is 0 Å². The summed E-state index contributed by atoms with van der Waals surface area (Å²) in [6.07, 6.45) is 0.983. The zero-order chi connectivity index (χ0) is 18.7. The first kappa shape index (κ1) is 18.3. The number of benzene rings is 2. The van der Waals surface area contributed by atoms with Crippen molar-refractivity contribution in [3.8, 4) is 5.75 Å². The van der Waals surface area contributed by atoms with Crippen LogP contribution in [0, 0.1) is 5.41 Å². The maximum atomic E-state index is 12.8. The van der Waals surface area contributed by atoms with Crippen molar-refractivity contribution < 1.29 is 14.3 Å². The van der Waals surface area contributed by atoms with E-state index in [2.05, 4.69) is 10.6 Å². The summed E-state index contributed by atoms with van der Waals surface area (Å²) in [4.78, 5) is 25.5. The highest BCUT2D eigenvalue weighted by atomic mass is 35.5. The standard InChI is InChI=1S/C20H21ClN2O3/c1-13(2)26-17-10-6-5-9-16(17)23-19(25)20(11-12-20)18(24)22-15-8-4-3-7-14(15)21/h3-10,13H,11-12H2,1-2H3,(H,22,24)(H,23,25). The van der Waals surface area contributed by atoms with E-state index in [1.54, 1.807) is 36.4 Å². The first-order valence-electron chi connectivity index (χ1n) is 8.55. The van der Waals surface area contributed by atoms with Crippen molar-refractivity contribution >= 4 is 34.8 Å². The summed E-state index contributed by atoms with van der Waals surface area (Å²) < 4.78 is 5.72. The Morgan fingerprint density at radius 3 is 2.08 bits per heavy atom. The van der Waals surface area contributed by atoms with Gasteiger partial charge < -0.3 is 15.4 Å². The lowest BCUT2D eigenvalue weighted by Gasteiger charge is -2.18. The van der Waals surface area contributed by atoms with Crippen LogP contribution in [-0.4, -0.2) is 17.9 Å². The molecule has 5 nitrogen and oxygen atoms in total. The Kier molecular flexibility index (Phi) is 5.18. The molecule has 3 rings (SSSR count). The fourth-order valence-electron chi connectivity index (χ4n) is 2.66. The number of hydrogen-bond acceptors (Lipinski definition) is 3. The number of para-hydroxylation sites is 3. The molecular formula is C20H21ClN2O3. The van der Waals surface area contributed by atoms with Crippen LogP contribution in [0.4, 0.5) is 11.4 Å². The number of hydrogen-bond donors (Lipinski definition) is 2. The van der Waals surface area contributed by atoms with Crippen LogP contribution in [0.15, 0.2) is 48.5 Å². The third kappa shape index (κ3) is 3.83. The molecule has 1 aliphatic rings. The van der Waals surface area contributed by atoms with Gasteiger partial charge in [0.15, 0.2) is 0 Å². The predicted molar refractivity (Wildman–Crippen MR) is 103 cm³/mol. The molecule has 0 bridgehead atoms. The smallest absolute Gasteiger partial charge is 0.240 e. The molecule has 2 N–H and O–H groups in total. The number of carbonyl (C=O) groups excluding carboxylic acids is 2. The summed E-state index contributed by atoms with van der Waals surface area (Å²) in [6, 6.07) is 14.2. The number of anilines is 2. The molecule has 0 aliphatic heterocycles. The molecule has 1 fully saturated rings. The summed E-state index contributed by atoms with van der Waals surface area (Å²) in [5, 5.41) is 6.04. The van der Waals surface area contributed by atoms with Crippen LogP contribution in [0.2, 0.25) is 5.02 Å². The van der Waals surface area contributed by atoms with Crippen molar-refractivity contribution in [3.63, 3.8) is 0 Å². The first-order valence-corrected chi connectivity index (χ1v) is 8.93. The maximum absolute atomic E-state index is 12.8. The second-order valence-corrected chi connectivity index (χ2v) is 7.04. The largest absolute Gasteiger partial charge is 0.489 e. The minimum atomic E-state index is -1.07. The van der Waals surface area contributed by atoms with Gasteiger partial charge in [-0.05, 0) is 51.0 Å². The van der Waals surface area contributed by atoms with Crippen molar-refractivity contribution in [2.24, 2.45) is 5.41 Å². The lowest BCUT2D eigenvalue weighted by atomic mass is 10.0. The Bertz CT molecular complexity index is 831. The molecule has 1 aliphatic carbocycles. The van der Waals surface area contributed by atoms with Crippen LogP contribution < -0.4 is 15.4 Å². The van der Waals surface area contributed by atoms with Crippen molar-refractivity contribution in [2.75, 3.05) is 10.6 Å². The Hall–Kier alpha value is -2.53. The van der Waals surface area contributed by atoms with Crippen LogP contribution >= 0.6 is 11.6 Å². The average Bonchev–Trinajstić information content (AvgIpc) is 3.40. The quantitative estimate of drug-likeness (QED) is 0.734. The van der Waals surface area contributed by atoms with Gasteiger partial charge in [-0.2, -0.15) is 0 Å². The van der Waals surface area contributed by atoms with Crippen LogP contribution in [-0.2, 0) is 9.59 Å². The van der Waals surface area contributed by atoms with Crippen LogP contribution in [0.1, 0.15) is 26.7 Å². The summed E-state index contributed by atoms with van der Waals surface area (Å²) in [7, 11) is 0. The van der Waals surface area contributed by atoms with Gasteiger partial charge in [0.25, 0.3) is 0 Å². The molecular weight excluding hydrogens is 352 g/mol. The highest BCUT2D eigenvalue weighted by Gasteiger charge is 2.56. The molecule has 1 saturated carbocycles. The van der Waals surface area contributed by atoms with Gasteiger partial charge in [-0.25, -0.2) is 0 Å². The molecule has 0 saturated heterocycles. The van der Waals surface area contributed by atoms with Gasteiger partial charge in [-0.1, -0.05) is 35.9 Å². The van der Waals surface area contributed by atoms with Gasteiger partial charge in [0.05, 0.1) is 22.5 Å². The number of amides is 2. The molecule has 26 heavy (non-hydrogen) atoms. The lowest BCUT2D eigenvalue weighted by molar-refractivity contribution is -0.131. The van der Waals surface area contributed by atoms with Crippen LogP contribution in [0.3, 0.4) is 0 Å². The zero-order valence-electron chi connectivity index (χ0n) is 14.7. The van der Waals surface area contributed by atoms with E-state index in [-0.39, 0.29) is 17.9 Å². The average molecular weight is 373 g/mol. The summed E-state index contributed by atoms with van der Waals surface area (Å²) >= 11 is 6.09. The van der Waals surface area contributed by atoms with E-state index in [1.807, 2.05) is 26.0 Å². The fourth-order valence-corrected chi connectivity index (χ4v) is 2.84. The Labute approximate surface area is 157 Å². The molecule has 0 heterocycles. The molecule has 2 aromatic rings. The molecule has 0 spiro atoms. The predicted octanol–water partition coefficient (Wildman–Crippen LogP) is 4.48. The molecule has 136 valence electrons.